The number of carbonyl (C=O) groups is 1. The topological polar surface area (TPSA) is 46.5 Å². The number of carbonyl (C=O) groups excluding carboxylic acids is 1. The zero-order valence-electron chi connectivity index (χ0n) is 11.0. The van der Waals surface area contributed by atoms with Gasteiger partial charge in [0.2, 0.25) is 0 Å². The van der Waals surface area contributed by atoms with E-state index in [1.165, 1.54) is 38.5 Å². The van der Waals surface area contributed by atoms with Crippen LogP contribution in [0.25, 0.3) is 0 Å². The Balaban J connectivity index is 3.08. The molecule has 0 radical (unpaired) electrons. The molecule has 3 heteroatoms. The van der Waals surface area contributed by atoms with Crippen LogP contribution in [-0.2, 0) is 9.68 Å². The summed E-state index contributed by atoms with van der Waals surface area (Å²) in [6.07, 6.45) is 15.3. The molecule has 0 aliphatic rings. The first-order valence-corrected chi connectivity index (χ1v) is 6.80. The molecule has 0 aromatic carbocycles. The van der Waals surface area contributed by atoms with Crippen molar-refractivity contribution >= 4 is 5.97 Å². The van der Waals surface area contributed by atoms with Crippen LogP contribution >= 0.6 is 0 Å². The largest absolute Gasteiger partial charge is 0.342 e. The van der Waals surface area contributed by atoms with Gasteiger partial charge in [0.15, 0.2) is 0 Å². The molecule has 0 aliphatic carbocycles. The van der Waals surface area contributed by atoms with Gasteiger partial charge in [0.1, 0.15) is 0 Å². The van der Waals surface area contributed by atoms with Gasteiger partial charge in [-0.05, 0) is 25.7 Å². The molecule has 17 heavy (non-hydrogen) atoms. The van der Waals surface area contributed by atoms with Gasteiger partial charge in [-0.2, -0.15) is 5.26 Å². The second kappa shape index (κ2) is 13.2. The highest BCUT2D eigenvalue weighted by Gasteiger charge is 2.00. The van der Waals surface area contributed by atoms with E-state index in [1.54, 1.807) is 0 Å². The van der Waals surface area contributed by atoms with Crippen LogP contribution in [-0.4, -0.2) is 11.2 Å². The first-order valence-electron chi connectivity index (χ1n) is 6.80. The van der Waals surface area contributed by atoms with E-state index in [2.05, 4.69) is 24.0 Å². The maximum absolute atomic E-state index is 10.6. The number of hydrogen-bond acceptors (Lipinski definition) is 3. The van der Waals surface area contributed by atoms with Crippen LogP contribution < -0.4 is 0 Å². The molecule has 0 rings (SSSR count). The van der Waals surface area contributed by atoms with E-state index in [0.717, 1.165) is 19.3 Å². The molecule has 3 nitrogen and oxygen atoms in total. The molecule has 0 aliphatic heterocycles. The third-order valence-corrected chi connectivity index (χ3v) is 2.74. The molecule has 0 aromatic heterocycles. The van der Waals surface area contributed by atoms with Crippen molar-refractivity contribution in [1.82, 2.24) is 0 Å². The lowest BCUT2D eigenvalue weighted by Crippen LogP contribution is -1.99. The fourth-order valence-corrected chi connectivity index (χ4v) is 1.67. The van der Waals surface area contributed by atoms with Crippen molar-refractivity contribution in [3.8, 4) is 0 Å². The van der Waals surface area contributed by atoms with Crippen molar-refractivity contribution in [1.29, 1.82) is 0 Å². The third kappa shape index (κ3) is 13.1. The van der Waals surface area contributed by atoms with E-state index in [-0.39, 0.29) is 0 Å². The molecule has 0 bridgehead atoms. The van der Waals surface area contributed by atoms with Gasteiger partial charge in [0.25, 0.3) is 0 Å². The van der Waals surface area contributed by atoms with Gasteiger partial charge in [-0.1, -0.05) is 51.2 Å². The SMILES string of the molecule is CCCC/C=C\CCCCCCCC(=O)OO. The van der Waals surface area contributed by atoms with Crippen molar-refractivity contribution in [2.45, 2.75) is 71.1 Å². The van der Waals surface area contributed by atoms with Crippen LogP contribution in [0.1, 0.15) is 71.1 Å². The summed E-state index contributed by atoms with van der Waals surface area (Å²) >= 11 is 0. The minimum Gasteiger partial charge on any atom is -0.301 e. The number of rotatable bonds is 11. The summed E-state index contributed by atoms with van der Waals surface area (Å²) in [5, 5.41) is 8.04. The predicted molar refractivity (Wildman–Crippen MR) is 69.7 cm³/mol. The first-order chi connectivity index (χ1) is 8.31. The Bertz CT molecular complexity index is 200. The predicted octanol–water partition coefficient (Wildman–Crippen LogP) is 4.48. The quantitative estimate of drug-likeness (QED) is 0.251. The maximum atomic E-state index is 10.6. The van der Waals surface area contributed by atoms with Crippen LogP contribution in [0.4, 0.5) is 0 Å². The van der Waals surface area contributed by atoms with Crippen LogP contribution in [0.2, 0.25) is 0 Å². The molecule has 0 spiro atoms. The van der Waals surface area contributed by atoms with Crippen molar-refractivity contribution in [3.63, 3.8) is 0 Å². The Labute approximate surface area is 105 Å². The lowest BCUT2D eigenvalue weighted by atomic mass is 10.1. The smallest absolute Gasteiger partial charge is 0.301 e. The Hall–Kier alpha value is -0.830. The summed E-state index contributed by atoms with van der Waals surface area (Å²) in [6, 6.07) is 0. The fourth-order valence-electron chi connectivity index (χ4n) is 1.67. The van der Waals surface area contributed by atoms with Crippen molar-refractivity contribution in [2.24, 2.45) is 0 Å². The number of hydrogen-bond donors (Lipinski definition) is 1. The molecule has 0 heterocycles. The molecule has 0 aromatic rings. The van der Waals surface area contributed by atoms with E-state index >= 15 is 0 Å². The summed E-state index contributed by atoms with van der Waals surface area (Å²) < 4.78 is 0. The third-order valence-electron chi connectivity index (χ3n) is 2.74. The summed E-state index contributed by atoms with van der Waals surface area (Å²) in [6.45, 7) is 2.21. The van der Waals surface area contributed by atoms with Crippen LogP contribution in [0.5, 0.6) is 0 Å². The molecular formula is C14H26O3. The first kappa shape index (κ1) is 16.2. The van der Waals surface area contributed by atoms with Gasteiger partial charge in [0, 0.05) is 6.42 Å². The zero-order valence-corrected chi connectivity index (χ0v) is 11.0. The summed E-state index contributed by atoms with van der Waals surface area (Å²) in [7, 11) is 0. The average Bonchev–Trinajstić information content (AvgIpc) is 2.35. The lowest BCUT2D eigenvalue weighted by Gasteiger charge is -1.99. The Kier molecular flexibility index (Phi) is 12.6. The molecule has 0 unspecified atom stereocenters. The Morgan fingerprint density at radius 2 is 1.59 bits per heavy atom. The van der Waals surface area contributed by atoms with Gasteiger partial charge in [-0.15, -0.1) is 0 Å². The van der Waals surface area contributed by atoms with Crippen molar-refractivity contribution in [3.05, 3.63) is 12.2 Å². The summed E-state index contributed by atoms with van der Waals surface area (Å²) in [4.78, 5) is 14.2. The fraction of sp³-hybridized carbons (Fsp3) is 0.786. The molecule has 0 saturated heterocycles. The standard InChI is InChI=1S/C14H26O3/c1-2-3-4-5-6-7-8-9-10-11-12-13-14(15)17-16/h5-6,16H,2-4,7-13H2,1H3/b6-5-. The molecule has 0 fully saturated rings. The highest BCUT2D eigenvalue weighted by Crippen LogP contribution is 2.08. The molecule has 1 N–H and O–H groups in total. The number of unbranched alkanes of at least 4 members (excludes halogenated alkanes) is 7. The number of allylic oxidation sites excluding steroid dienone is 2. The van der Waals surface area contributed by atoms with Crippen LogP contribution in [0.15, 0.2) is 12.2 Å². The highest BCUT2D eigenvalue weighted by molar-refractivity contribution is 5.68. The molecular weight excluding hydrogens is 216 g/mol. The van der Waals surface area contributed by atoms with Crippen molar-refractivity contribution < 1.29 is 14.9 Å². The minimum absolute atomic E-state index is 0.327. The van der Waals surface area contributed by atoms with Gasteiger partial charge in [0.05, 0.1) is 0 Å². The average molecular weight is 242 g/mol. The second-order valence-corrected chi connectivity index (χ2v) is 4.38. The molecule has 0 atom stereocenters. The highest BCUT2D eigenvalue weighted by atomic mass is 17.1. The normalized spacial score (nSPS) is 10.9. The van der Waals surface area contributed by atoms with Crippen LogP contribution in [0, 0.1) is 0 Å². The molecule has 0 saturated carbocycles. The van der Waals surface area contributed by atoms with E-state index in [4.69, 9.17) is 5.26 Å². The summed E-state index contributed by atoms with van der Waals surface area (Å²) in [5.41, 5.74) is 0. The maximum Gasteiger partial charge on any atom is 0.342 e. The second-order valence-electron chi connectivity index (χ2n) is 4.38. The van der Waals surface area contributed by atoms with E-state index < -0.39 is 5.97 Å². The van der Waals surface area contributed by atoms with E-state index in [0.29, 0.717) is 6.42 Å². The minimum atomic E-state index is -0.524. The van der Waals surface area contributed by atoms with Gasteiger partial charge < -0.3 is 4.89 Å². The van der Waals surface area contributed by atoms with Gasteiger partial charge in [-0.25, -0.2) is 4.79 Å². The monoisotopic (exact) mass is 242 g/mol. The van der Waals surface area contributed by atoms with Crippen molar-refractivity contribution in [2.75, 3.05) is 0 Å². The van der Waals surface area contributed by atoms with E-state index in [1.807, 2.05) is 0 Å². The Morgan fingerprint density at radius 1 is 1.00 bits per heavy atom. The van der Waals surface area contributed by atoms with Crippen LogP contribution in [0.3, 0.4) is 0 Å². The van der Waals surface area contributed by atoms with Gasteiger partial charge >= 0.3 is 5.97 Å². The molecule has 0 amide bonds. The van der Waals surface area contributed by atoms with Gasteiger partial charge in [-0.3, -0.25) is 0 Å². The molecule has 100 valence electrons. The lowest BCUT2D eigenvalue weighted by molar-refractivity contribution is -0.234. The Morgan fingerprint density at radius 3 is 2.24 bits per heavy atom. The zero-order chi connectivity index (χ0) is 12.8. The van der Waals surface area contributed by atoms with E-state index in [9.17, 15) is 4.79 Å². The summed E-state index contributed by atoms with van der Waals surface area (Å²) in [5.74, 6) is -0.524.